The van der Waals surface area contributed by atoms with Crippen LogP contribution >= 0.6 is 24.8 Å². The van der Waals surface area contributed by atoms with Gasteiger partial charge in [0, 0.05) is 19.8 Å². The molecule has 0 saturated carbocycles. The van der Waals surface area contributed by atoms with E-state index in [4.69, 9.17) is 5.73 Å². The zero-order chi connectivity index (χ0) is 14.8. The number of hydrogen-bond acceptors (Lipinski definition) is 5. The second-order valence-corrected chi connectivity index (χ2v) is 5.39. The lowest BCUT2D eigenvalue weighted by molar-refractivity contribution is 0.967. The van der Waals surface area contributed by atoms with Gasteiger partial charge in [-0.1, -0.05) is 12.1 Å². The van der Waals surface area contributed by atoms with Crippen LogP contribution in [0.15, 0.2) is 42.5 Å². The second-order valence-electron chi connectivity index (χ2n) is 5.39. The minimum Gasteiger partial charge on any atom is -0.378 e. The SMILES string of the molecule is CN(C)c1ccc2c(c1)NN(c1ccc(CCN)cc1)N2.Cl.Cl. The molecule has 1 aliphatic rings. The minimum atomic E-state index is 0. The zero-order valence-electron chi connectivity index (χ0n) is 13.2. The number of nitrogens with one attached hydrogen (secondary N) is 2. The molecule has 5 nitrogen and oxygen atoms in total. The van der Waals surface area contributed by atoms with Gasteiger partial charge in [-0.25, -0.2) is 0 Å². The largest absolute Gasteiger partial charge is 0.378 e. The molecule has 7 heteroatoms. The molecule has 0 atom stereocenters. The van der Waals surface area contributed by atoms with Gasteiger partial charge in [0.05, 0.1) is 17.1 Å². The Labute approximate surface area is 149 Å². The van der Waals surface area contributed by atoms with E-state index < -0.39 is 0 Å². The fraction of sp³-hybridized carbons (Fsp3) is 0.250. The van der Waals surface area contributed by atoms with Gasteiger partial charge < -0.3 is 10.6 Å². The van der Waals surface area contributed by atoms with E-state index in [2.05, 4.69) is 58.2 Å². The van der Waals surface area contributed by atoms with E-state index in [9.17, 15) is 0 Å². The maximum Gasteiger partial charge on any atom is 0.0832 e. The average Bonchev–Trinajstić information content (AvgIpc) is 2.91. The third-order valence-corrected chi connectivity index (χ3v) is 3.61. The van der Waals surface area contributed by atoms with Gasteiger partial charge in [0.2, 0.25) is 0 Å². The first-order valence-electron chi connectivity index (χ1n) is 7.11. The summed E-state index contributed by atoms with van der Waals surface area (Å²) in [6.07, 6.45) is 0.910. The first-order valence-corrected chi connectivity index (χ1v) is 7.11. The van der Waals surface area contributed by atoms with Crippen molar-refractivity contribution in [1.29, 1.82) is 0 Å². The molecule has 126 valence electrons. The molecule has 0 spiro atoms. The molecule has 3 rings (SSSR count). The molecule has 0 fully saturated rings. The fourth-order valence-corrected chi connectivity index (χ4v) is 2.38. The van der Waals surface area contributed by atoms with E-state index in [1.165, 1.54) is 11.3 Å². The van der Waals surface area contributed by atoms with Gasteiger partial charge in [-0.3, -0.25) is 10.9 Å². The highest BCUT2D eigenvalue weighted by Crippen LogP contribution is 2.34. The number of benzene rings is 2. The van der Waals surface area contributed by atoms with Crippen LogP contribution in [-0.2, 0) is 6.42 Å². The number of halogens is 2. The molecule has 2 aromatic rings. The van der Waals surface area contributed by atoms with Gasteiger partial charge in [0.25, 0.3) is 0 Å². The summed E-state index contributed by atoms with van der Waals surface area (Å²) < 4.78 is 0. The standard InChI is InChI=1S/C16H21N5.2ClH/c1-20(2)14-7-8-15-16(11-14)19-21(18-15)13-5-3-12(4-6-13)9-10-17;;/h3-8,11,18-19H,9-10,17H2,1-2H3;2*1H. The Morgan fingerprint density at radius 2 is 1.61 bits per heavy atom. The summed E-state index contributed by atoms with van der Waals surface area (Å²) in [7, 11) is 4.08. The molecule has 0 bridgehead atoms. The summed E-state index contributed by atoms with van der Waals surface area (Å²) in [5, 5.41) is 1.93. The van der Waals surface area contributed by atoms with Crippen molar-refractivity contribution in [2.24, 2.45) is 5.73 Å². The number of nitrogens with two attached hydrogens (primary N) is 1. The van der Waals surface area contributed by atoms with Gasteiger partial charge >= 0.3 is 0 Å². The summed E-state index contributed by atoms with van der Waals surface area (Å²) >= 11 is 0. The molecule has 0 aromatic heterocycles. The maximum atomic E-state index is 5.58. The fourth-order valence-electron chi connectivity index (χ4n) is 2.38. The lowest BCUT2D eigenvalue weighted by atomic mass is 10.1. The van der Waals surface area contributed by atoms with Gasteiger partial charge in [-0.2, -0.15) is 5.12 Å². The van der Waals surface area contributed by atoms with Gasteiger partial charge in [-0.05, 0) is 48.9 Å². The van der Waals surface area contributed by atoms with Crippen molar-refractivity contribution in [3.63, 3.8) is 0 Å². The topological polar surface area (TPSA) is 56.6 Å². The first-order chi connectivity index (χ1) is 10.2. The number of hydrogen-bond donors (Lipinski definition) is 3. The van der Waals surface area contributed by atoms with Crippen LogP contribution in [-0.4, -0.2) is 20.6 Å². The maximum absolute atomic E-state index is 5.58. The number of hydrazine groups is 2. The minimum absolute atomic E-state index is 0. The molecule has 0 aliphatic carbocycles. The van der Waals surface area contributed by atoms with Crippen LogP contribution in [0.3, 0.4) is 0 Å². The van der Waals surface area contributed by atoms with Crippen molar-refractivity contribution in [3.8, 4) is 0 Å². The third-order valence-electron chi connectivity index (χ3n) is 3.61. The van der Waals surface area contributed by atoms with E-state index in [0.29, 0.717) is 6.54 Å². The van der Waals surface area contributed by atoms with Crippen LogP contribution in [0, 0.1) is 0 Å². The van der Waals surface area contributed by atoms with E-state index in [1.54, 1.807) is 0 Å². The molecule has 0 saturated heterocycles. The van der Waals surface area contributed by atoms with Gasteiger partial charge in [0.1, 0.15) is 0 Å². The van der Waals surface area contributed by atoms with Crippen LogP contribution in [0.2, 0.25) is 0 Å². The number of fused-ring (bicyclic) bond motifs is 1. The Morgan fingerprint density at radius 3 is 2.22 bits per heavy atom. The molecule has 2 aromatic carbocycles. The van der Waals surface area contributed by atoms with Crippen molar-refractivity contribution < 1.29 is 0 Å². The quantitative estimate of drug-likeness (QED) is 0.785. The second kappa shape index (κ2) is 8.15. The van der Waals surface area contributed by atoms with E-state index in [-0.39, 0.29) is 24.8 Å². The van der Waals surface area contributed by atoms with Crippen molar-refractivity contribution in [2.75, 3.05) is 41.5 Å². The molecule has 4 N–H and O–H groups in total. The van der Waals surface area contributed by atoms with Crippen LogP contribution in [0.5, 0.6) is 0 Å². The Bertz CT molecular complexity index is 631. The van der Waals surface area contributed by atoms with E-state index in [1.807, 2.05) is 19.2 Å². The Hall–Kier alpha value is -1.82. The van der Waals surface area contributed by atoms with Crippen molar-refractivity contribution in [3.05, 3.63) is 48.0 Å². The molecule has 0 amide bonds. The Balaban J connectivity index is 0.00000132. The van der Waals surface area contributed by atoms with Gasteiger partial charge in [-0.15, -0.1) is 24.8 Å². The summed E-state index contributed by atoms with van der Waals surface area (Å²) in [6, 6.07) is 14.7. The summed E-state index contributed by atoms with van der Waals surface area (Å²) in [6.45, 7) is 0.679. The van der Waals surface area contributed by atoms with E-state index in [0.717, 1.165) is 23.5 Å². The lowest BCUT2D eigenvalue weighted by Gasteiger charge is -2.19. The van der Waals surface area contributed by atoms with Gasteiger partial charge in [0.15, 0.2) is 0 Å². The summed E-state index contributed by atoms with van der Waals surface area (Å²) in [5.41, 5.74) is 17.9. The molecule has 1 aliphatic heterocycles. The monoisotopic (exact) mass is 355 g/mol. The Morgan fingerprint density at radius 1 is 0.957 bits per heavy atom. The summed E-state index contributed by atoms with van der Waals surface area (Å²) in [4.78, 5) is 2.09. The highest BCUT2D eigenvalue weighted by Gasteiger charge is 2.18. The predicted molar refractivity (Wildman–Crippen MR) is 104 cm³/mol. The van der Waals surface area contributed by atoms with Crippen LogP contribution in [0.25, 0.3) is 0 Å². The predicted octanol–water partition coefficient (Wildman–Crippen LogP) is 3.27. The van der Waals surface area contributed by atoms with Crippen LogP contribution in [0.1, 0.15) is 5.56 Å². The average molecular weight is 356 g/mol. The highest BCUT2D eigenvalue weighted by molar-refractivity contribution is 5.85. The molecule has 23 heavy (non-hydrogen) atoms. The van der Waals surface area contributed by atoms with E-state index >= 15 is 0 Å². The molecular formula is C16H23Cl2N5. The number of anilines is 4. The number of nitrogens with zero attached hydrogens (tertiary/aromatic N) is 2. The highest BCUT2D eigenvalue weighted by atomic mass is 35.5. The zero-order valence-corrected chi connectivity index (χ0v) is 14.9. The van der Waals surface area contributed by atoms with Crippen LogP contribution in [0.4, 0.5) is 22.7 Å². The van der Waals surface area contributed by atoms with Crippen LogP contribution < -0.4 is 26.6 Å². The smallest absolute Gasteiger partial charge is 0.0832 e. The third kappa shape index (κ3) is 4.13. The molecule has 0 unspecified atom stereocenters. The first kappa shape index (κ1) is 19.2. The summed E-state index contributed by atoms with van der Waals surface area (Å²) in [5.74, 6) is 0. The normalized spacial score (nSPS) is 11.5. The Kier molecular flexibility index (Phi) is 6.81. The van der Waals surface area contributed by atoms with Crippen molar-refractivity contribution >= 4 is 47.6 Å². The molecule has 0 radical (unpaired) electrons. The van der Waals surface area contributed by atoms with Crippen molar-refractivity contribution in [2.45, 2.75) is 6.42 Å². The molecule has 1 heterocycles. The number of rotatable bonds is 4. The lowest BCUT2D eigenvalue weighted by Crippen LogP contribution is -2.29. The van der Waals surface area contributed by atoms with Crippen molar-refractivity contribution in [1.82, 2.24) is 0 Å². The molecular weight excluding hydrogens is 333 g/mol.